The molecule has 0 fully saturated rings. The van der Waals surface area contributed by atoms with Crippen molar-refractivity contribution < 1.29 is 4.79 Å². The molecule has 76 valence electrons. The lowest BCUT2D eigenvalue weighted by atomic mass is 10.4. The molecule has 6 heteroatoms. The zero-order valence-corrected chi connectivity index (χ0v) is 8.78. The molecule has 0 bridgehead atoms. The SMILES string of the molecule is Cc1cc(C(=O)Nc2ncccn2)ns1. The molecule has 0 aliphatic heterocycles. The Morgan fingerprint density at radius 2 is 2.13 bits per heavy atom. The number of anilines is 1. The molecule has 0 unspecified atom stereocenters. The van der Waals surface area contributed by atoms with Crippen molar-refractivity contribution in [1.29, 1.82) is 0 Å². The number of nitrogens with one attached hydrogen (secondary N) is 1. The summed E-state index contributed by atoms with van der Waals surface area (Å²) in [4.78, 5) is 20.3. The summed E-state index contributed by atoms with van der Waals surface area (Å²) in [6, 6.07) is 3.41. The van der Waals surface area contributed by atoms with Gasteiger partial charge in [-0.2, -0.15) is 4.37 Å². The van der Waals surface area contributed by atoms with Gasteiger partial charge in [-0.25, -0.2) is 9.97 Å². The third kappa shape index (κ3) is 2.35. The van der Waals surface area contributed by atoms with E-state index >= 15 is 0 Å². The van der Waals surface area contributed by atoms with E-state index in [1.807, 2.05) is 6.92 Å². The van der Waals surface area contributed by atoms with Crippen molar-refractivity contribution in [2.24, 2.45) is 0 Å². The van der Waals surface area contributed by atoms with Crippen LogP contribution in [-0.2, 0) is 0 Å². The van der Waals surface area contributed by atoms with E-state index in [-0.39, 0.29) is 11.9 Å². The molecule has 0 atom stereocenters. The molecular formula is C9H8N4OS. The largest absolute Gasteiger partial charge is 0.289 e. The van der Waals surface area contributed by atoms with Crippen LogP contribution < -0.4 is 5.32 Å². The molecule has 2 aromatic heterocycles. The zero-order valence-electron chi connectivity index (χ0n) is 7.97. The Labute approximate surface area is 90.4 Å². The number of amides is 1. The van der Waals surface area contributed by atoms with E-state index < -0.39 is 0 Å². The second kappa shape index (κ2) is 4.14. The minimum atomic E-state index is -0.287. The number of rotatable bonds is 2. The molecule has 0 saturated carbocycles. The average Bonchev–Trinajstić information content (AvgIpc) is 2.66. The molecule has 2 aromatic rings. The molecule has 1 amide bonds. The fourth-order valence-electron chi connectivity index (χ4n) is 1.00. The maximum atomic E-state index is 11.6. The number of nitrogens with zero attached hydrogens (tertiary/aromatic N) is 3. The summed E-state index contributed by atoms with van der Waals surface area (Å²) in [5.41, 5.74) is 0.393. The maximum absolute atomic E-state index is 11.6. The van der Waals surface area contributed by atoms with E-state index in [1.54, 1.807) is 24.5 Å². The van der Waals surface area contributed by atoms with Crippen LogP contribution in [0.5, 0.6) is 0 Å². The summed E-state index contributed by atoms with van der Waals surface area (Å²) >= 11 is 1.29. The fourth-order valence-corrected chi connectivity index (χ4v) is 1.54. The topological polar surface area (TPSA) is 67.8 Å². The number of hydrogen-bond acceptors (Lipinski definition) is 5. The Morgan fingerprint density at radius 3 is 2.73 bits per heavy atom. The minimum Gasteiger partial charge on any atom is -0.289 e. The van der Waals surface area contributed by atoms with Gasteiger partial charge in [0.25, 0.3) is 5.91 Å². The highest BCUT2D eigenvalue weighted by Crippen LogP contribution is 2.09. The summed E-state index contributed by atoms with van der Waals surface area (Å²) in [7, 11) is 0. The molecule has 0 aliphatic rings. The van der Waals surface area contributed by atoms with Crippen LogP contribution >= 0.6 is 11.5 Å². The third-order valence-electron chi connectivity index (χ3n) is 1.65. The Hall–Kier alpha value is -1.82. The monoisotopic (exact) mass is 220 g/mol. The number of carbonyl (C=O) groups is 1. The highest BCUT2D eigenvalue weighted by atomic mass is 32.1. The highest BCUT2D eigenvalue weighted by Gasteiger charge is 2.10. The van der Waals surface area contributed by atoms with E-state index in [0.29, 0.717) is 5.69 Å². The van der Waals surface area contributed by atoms with Gasteiger partial charge < -0.3 is 0 Å². The normalized spacial score (nSPS) is 9.93. The number of hydrogen-bond donors (Lipinski definition) is 1. The van der Waals surface area contributed by atoms with Gasteiger partial charge in [0, 0.05) is 17.3 Å². The van der Waals surface area contributed by atoms with Crippen molar-refractivity contribution in [2.75, 3.05) is 5.32 Å². The van der Waals surface area contributed by atoms with Gasteiger partial charge in [-0.05, 0) is 30.6 Å². The number of carbonyl (C=O) groups excluding carboxylic acids is 1. The lowest BCUT2D eigenvalue weighted by Crippen LogP contribution is -2.14. The number of aryl methyl sites for hydroxylation is 1. The second-order valence-electron chi connectivity index (χ2n) is 2.85. The van der Waals surface area contributed by atoms with Gasteiger partial charge in [0.05, 0.1) is 0 Å². The van der Waals surface area contributed by atoms with Crippen LogP contribution in [0.15, 0.2) is 24.5 Å². The van der Waals surface area contributed by atoms with Crippen molar-refractivity contribution in [3.63, 3.8) is 0 Å². The smallest absolute Gasteiger partial charge is 0.277 e. The van der Waals surface area contributed by atoms with E-state index in [1.165, 1.54) is 11.5 Å². The van der Waals surface area contributed by atoms with E-state index in [0.717, 1.165) is 4.88 Å². The second-order valence-corrected chi connectivity index (χ2v) is 3.86. The molecule has 15 heavy (non-hydrogen) atoms. The van der Waals surface area contributed by atoms with Crippen LogP contribution in [0.3, 0.4) is 0 Å². The first-order valence-electron chi connectivity index (χ1n) is 4.27. The van der Waals surface area contributed by atoms with E-state index in [4.69, 9.17) is 0 Å². The molecule has 1 N–H and O–H groups in total. The average molecular weight is 220 g/mol. The molecule has 2 heterocycles. The molecule has 0 spiro atoms. The van der Waals surface area contributed by atoms with Crippen LogP contribution in [0.1, 0.15) is 15.4 Å². The van der Waals surface area contributed by atoms with Crippen LogP contribution in [0.25, 0.3) is 0 Å². The fraction of sp³-hybridized carbons (Fsp3) is 0.111. The van der Waals surface area contributed by atoms with Gasteiger partial charge in [0.2, 0.25) is 5.95 Å². The van der Waals surface area contributed by atoms with Gasteiger partial charge in [0.1, 0.15) is 5.69 Å². The summed E-state index contributed by atoms with van der Waals surface area (Å²) < 4.78 is 3.99. The summed E-state index contributed by atoms with van der Waals surface area (Å²) in [6.07, 6.45) is 3.13. The van der Waals surface area contributed by atoms with Gasteiger partial charge in [-0.1, -0.05) is 0 Å². The standard InChI is InChI=1S/C9H8N4OS/c1-6-5-7(13-15-6)8(14)12-9-10-3-2-4-11-9/h2-5H,1H3,(H,10,11,12,14). The number of aromatic nitrogens is 3. The van der Waals surface area contributed by atoms with E-state index in [2.05, 4.69) is 19.7 Å². The predicted molar refractivity (Wildman–Crippen MR) is 56.8 cm³/mol. The lowest BCUT2D eigenvalue weighted by Gasteiger charge is -1.98. The Bertz CT molecular complexity index is 468. The Balaban J connectivity index is 2.11. The van der Waals surface area contributed by atoms with Crippen molar-refractivity contribution in [2.45, 2.75) is 6.92 Å². The molecule has 2 rings (SSSR count). The third-order valence-corrected chi connectivity index (χ3v) is 2.35. The van der Waals surface area contributed by atoms with E-state index in [9.17, 15) is 4.79 Å². The molecular weight excluding hydrogens is 212 g/mol. The van der Waals surface area contributed by atoms with Crippen molar-refractivity contribution >= 4 is 23.4 Å². The summed E-state index contributed by atoms with van der Waals surface area (Å²) in [6.45, 7) is 1.90. The van der Waals surface area contributed by atoms with Crippen LogP contribution in [0.2, 0.25) is 0 Å². The molecule has 0 radical (unpaired) electrons. The van der Waals surface area contributed by atoms with Gasteiger partial charge in [-0.15, -0.1) is 0 Å². The van der Waals surface area contributed by atoms with Crippen molar-refractivity contribution in [3.05, 3.63) is 35.1 Å². The first-order chi connectivity index (χ1) is 7.25. The Kier molecular flexibility index (Phi) is 2.68. The zero-order chi connectivity index (χ0) is 10.7. The first kappa shape index (κ1) is 9.72. The predicted octanol–water partition coefficient (Wildman–Crippen LogP) is 1.49. The molecule has 5 nitrogen and oxygen atoms in total. The summed E-state index contributed by atoms with van der Waals surface area (Å²) in [5, 5.41) is 2.55. The Morgan fingerprint density at radius 1 is 1.40 bits per heavy atom. The van der Waals surface area contributed by atoms with Crippen LogP contribution in [-0.4, -0.2) is 20.2 Å². The van der Waals surface area contributed by atoms with Crippen LogP contribution in [0.4, 0.5) is 5.95 Å². The quantitative estimate of drug-likeness (QED) is 0.832. The van der Waals surface area contributed by atoms with Crippen molar-refractivity contribution in [3.8, 4) is 0 Å². The molecule has 0 saturated heterocycles. The first-order valence-corrected chi connectivity index (χ1v) is 5.05. The minimum absolute atomic E-state index is 0.285. The van der Waals surface area contributed by atoms with Crippen molar-refractivity contribution in [1.82, 2.24) is 14.3 Å². The molecule has 0 aromatic carbocycles. The highest BCUT2D eigenvalue weighted by molar-refractivity contribution is 7.05. The molecule has 0 aliphatic carbocycles. The summed E-state index contributed by atoms with van der Waals surface area (Å²) in [5.74, 6) is -0.00120. The lowest BCUT2D eigenvalue weighted by molar-refractivity contribution is 0.102. The van der Waals surface area contributed by atoms with Gasteiger partial charge in [-0.3, -0.25) is 10.1 Å². The van der Waals surface area contributed by atoms with Gasteiger partial charge >= 0.3 is 0 Å². The van der Waals surface area contributed by atoms with Gasteiger partial charge in [0.15, 0.2) is 0 Å². The van der Waals surface area contributed by atoms with Crippen LogP contribution in [0, 0.1) is 6.92 Å². The maximum Gasteiger partial charge on any atom is 0.277 e.